The fraction of sp³-hybridized carbons (Fsp3) is 0.615. The van der Waals surface area contributed by atoms with E-state index in [0.29, 0.717) is 22.8 Å². The van der Waals surface area contributed by atoms with Gasteiger partial charge >= 0.3 is 0 Å². The molecule has 1 aliphatic rings. The summed E-state index contributed by atoms with van der Waals surface area (Å²) in [5, 5.41) is 3.00. The highest BCUT2D eigenvalue weighted by Crippen LogP contribution is 2.22. The molecule has 18 heavy (non-hydrogen) atoms. The molecule has 0 spiro atoms. The minimum Gasteiger partial charge on any atom is -0.458 e. The molecule has 1 aromatic heterocycles. The molecule has 0 saturated carbocycles. The standard InChI is InChI=1S/C13H18BrNO3/c1-8(2)11-7-9(3-5-17-11)15-13(16)12-10(14)4-6-18-12/h4,6,8-9,11H,3,5,7H2,1-2H3,(H,15,16). The smallest absolute Gasteiger partial charge is 0.288 e. The maximum Gasteiger partial charge on any atom is 0.288 e. The van der Waals surface area contributed by atoms with Crippen LogP contribution in [-0.2, 0) is 4.74 Å². The van der Waals surface area contributed by atoms with Crippen LogP contribution in [0.4, 0.5) is 0 Å². The lowest BCUT2D eigenvalue weighted by atomic mass is 9.95. The van der Waals surface area contributed by atoms with Crippen molar-refractivity contribution in [2.75, 3.05) is 6.61 Å². The second kappa shape index (κ2) is 5.89. The van der Waals surface area contributed by atoms with Gasteiger partial charge < -0.3 is 14.5 Å². The third-order valence-corrected chi connectivity index (χ3v) is 3.84. The molecule has 1 aromatic rings. The van der Waals surface area contributed by atoms with Gasteiger partial charge in [0.2, 0.25) is 5.76 Å². The van der Waals surface area contributed by atoms with Gasteiger partial charge in [0.25, 0.3) is 5.91 Å². The molecule has 0 bridgehead atoms. The highest BCUT2D eigenvalue weighted by molar-refractivity contribution is 9.10. The van der Waals surface area contributed by atoms with E-state index < -0.39 is 0 Å². The summed E-state index contributed by atoms with van der Waals surface area (Å²) in [5.41, 5.74) is 0. The lowest BCUT2D eigenvalue weighted by molar-refractivity contribution is -0.0234. The molecule has 0 aliphatic carbocycles. The van der Waals surface area contributed by atoms with Gasteiger partial charge in [-0.2, -0.15) is 0 Å². The van der Waals surface area contributed by atoms with E-state index in [1.807, 2.05) is 0 Å². The van der Waals surface area contributed by atoms with Crippen LogP contribution in [0.25, 0.3) is 0 Å². The first-order valence-electron chi connectivity index (χ1n) is 6.23. The van der Waals surface area contributed by atoms with Gasteiger partial charge in [0.15, 0.2) is 0 Å². The Bertz CT molecular complexity index is 416. The number of rotatable bonds is 3. The topological polar surface area (TPSA) is 51.5 Å². The quantitative estimate of drug-likeness (QED) is 0.933. The van der Waals surface area contributed by atoms with Crippen LogP contribution < -0.4 is 5.32 Å². The monoisotopic (exact) mass is 315 g/mol. The second-order valence-corrected chi connectivity index (χ2v) is 5.80. The van der Waals surface area contributed by atoms with Gasteiger partial charge in [-0.15, -0.1) is 0 Å². The molecule has 5 heteroatoms. The zero-order valence-electron chi connectivity index (χ0n) is 10.6. The predicted molar refractivity (Wildman–Crippen MR) is 71.5 cm³/mol. The molecular formula is C13H18BrNO3. The molecular weight excluding hydrogens is 298 g/mol. The molecule has 0 radical (unpaired) electrons. The number of carbonyl (C=O) groups excluding carboxylic acids is 1. The summed E-state index contributed by atoms with van der Waals surface area (Å²) >= 11 is 3.29. The minimum absolute atomic E-state index is 0.163. The van der Waals surface area contributed by atoms with Gasteiger partial charge in [-0.25, -0.2) is 0 Å². The number of nitrogens with one attached hydrogen (secondary N) is 1. The first-order valence-corrected chi connectivity index (χ1v) is 7.02. The fourth-order valence-corrected chi connectivity index (χ4v) is 2.51. The largest absolute Gasteiger partial charge is 0.458 e. The molecule has 1 aliphatic heterocycles. The maximum atomic E-state index is 12.0. The van der Waals surface area contributed by atoms with Crippen molar-refractivity contribution in [1.82, 2.24) is 5.32 Å². The van der Waals surface area contributed by atoms with Crippen molar-refractivity contribution in [1.29, 1.82) is 0 Å². The van der Waals surface area contributed by atoms with Gasteiger partial charge in [0.1, 0.15) is 0 Å². The fourth-order valence-electron chi connectivity index (χ4n) is 2.13. The highest BCUT2D eigenvalue weighted by Gasteiger charge is 2.27. The van der Waals surface area contributed by atoms with Gasteiger partial charge in [-0.1, -0.05) is 13.8 Å². The van der Waals surface area contributed by atoms with Crippen molar-refractivity contribution >= 4 is 21.8 Å². The van der Waals surface area contributed by atoms with Crippen molar-refractivity contribution in [3.8, 4) is 0 Å². The van der Waals surface area contributed by atoms with Crippen molar-refractivity contribution in [3.05, 3.63) is 22.6 Å². The van der Waals surface area contributed by atoms with E-state index in [0.717, 1.165) is 12.8 Å². The predicted octanol–water partition coefficient (Wildman–Crippen LogP) is 2.98. The first-order chi connectivity index (χ1) is 8.58. The minimum atomic E-state index is -0.165. The molecule has 2 rings (SSSR count). The number of halogens is 1. The summed E-state index contributed by atoms with van der Waals surface area (Å²) in [7, 11) is 0. The SMILES string of the molecule is CC(C)C1CC(NC(=O)c2occc2Br)CCO1. The average molecular weight is 316 g/mol. The number of hydrogen-bond donors (Lipinski definition) is 1. The Balaban J connectivity index is 1.93. The van der Waals surface area contributed by atoms with E-state index in [1.54, 1.807) is 6.07 Å². The number of furan rings is 1. The zero-order chi connectivity index (χ0) is 13.1. The third-order valence-electron chi connectivity index (χ3n) is 3.22. The summed E-state index contributed by atoms with van der Waals surface area (Å²) in [6.07, 6.45) is 3.44. The third kappa shape index (κ3) is 3.14. The Morgan fingerprint density at radius 3 is 2.94 bits per heavy atom. The van der Waals surface area contributed by atoms with Crippen LogP contribution in [0.15, 0.2) is 21.2 Å². The van der Waals surface area contributed by atoms with Crippen LogP contribution in [0, 0.1) is 5.92 Å². The van der Waals surface area contributed by atoms with Crippen LogP contribution in [0.1, 0.15) is 37.2 Å². The normalized spacial score (nSPS) is 24.2. The number of amides is 1. The molecule has 1 N–H and O–H groups in total. The van der Waals surface area contributed by atoms with E-state index in [4.69, 9.17) is 9.15 Å². The Hall–Kier alpha value is -0.810. The number of ether oxygens (including phenoxy) is 1. The molecule has 4 nitrogen and oxygen atoms in total. The molecule has 2 unspecified atom stereocenters. The van der Waals surface area contributed by atoms with Gasteiger partial charge in [0.05, 0.1) is 16.8 Å². The van der Waals surface area contributed by atoms with Gasteiger partial charge in [0, 0.05) is 12.6 Å². The van der Waals surface area contributed by atoms with Crippen LogP contribution in [0.3, 0.4) is 0 Å². The molecule has 0 aromatic carbocycles. The van der Waals surface area contributed by atoms with E-state index >= 15 is 0 Å². The maximum absolute atomic E-state index is 12.0. The number of carbonyl (C=O) groups is 1. The molecule has 1 fully saturated rings. The second-order valence-electron chi connectivity index (χ2n) is 4.95. The molecule has 1 amide bonds. The molecule has 2 heterocycles. The lowest BCUT2D eigenvalue weighted by Gasteiger charge is -2.32. The molecule has 1 saturated heterocycles. The van der Waals surface area contributed by atoms with Gasteiger partial charge in [-0.05, 0) is 40.8 Å². The van der Waals surface area contributed by atoms with Crippen LogP contribution >= 0.6 is 15.9 Å². The van der Waals surface area contributed by atoms with Crippen molar-refractivity contribution in [2.24, 2.45) is 5.92 Å². The Labute approximate surface area is 115 Å². The molecule has 100 valence electrons. The van der Waals surface area contributed by atoms with E-state index in [-0.39, 0.29) is 18.1 Å². The summed E-state index contributed by atoms with van der Waals surface area (Å²) < 4.78 is 11.5. The zero-order valence-corrected chi connectivity index (χ0v) is 12.2. The van der Waals surface area contributed by atoms with Crippen molar-refractivity contribution in [3.63, 3.8) is 0 Å². The van der Waals surface area contributed by atoms with Crippen LogP contribution in [0.5, 0.6) is 0 Å². The summed E-state index contributed by atoms with van der Waals surface area (Å²) in [6, 6.07) is 1.88. The Kier molecular flexibility index (Phi) is 4.45. The van der Waals surface area contributed by atoms with Crippen LogP contribution in [0.2, 0.25) is 0 Å². The van der Waals surface area contributed by atoms with Crippen LogP contribution in [-0.4, -0.2) is 24.7 Å². The summed E-state index contributed by atoms with van der Waals surface area (Å²) in [6.45, 7) is 4.98. The van der Waals surface area contributed by atoms with E-state index in [2.05, 4.69) is 35.1 Å². The van der Waals surface area contributed by atoms with Crippen molar-refractivity contribution < 1.29 is 13.9 Å². The summed E-state index contributed by atoms with van der Waals surface area (Å²) in [4.78, 5) is 12.0. The number of hydrogen-bond acceptors (Lipinski definition) is 3. The lowest BCUT2D eigenvalue weighted by Crippen LogP contribution is -2.43. The molecule has 2 atom stereocenters. The Morgan fingerprint density at radius 1 is 1.56 bits per heavy atom. The summed E-state index contributed by atoms with van der Waals surface area (Å²) in [5.74, 6) is 0.643. The van der Waals surface area contributed by atoms with E-state index in [9.17, 15) is 4.79 Å². The first kappa shape index (κ1) is 13.6. The van der Waals surface area contributed by atoms with Gasteiger partial charge in [-0.3, -0.25) is 4.79 Å². The Morgan fingerprint density at radius 2 is 2.33 bits per heavy atom. The van der Waals surface area contributed by atoms with E-state index in [1.165, 1.54) is 6.26 Å². The van der Waals surface area contributed by atoms with Crippen molar-refractivity contribution in [2.45, 2.75) is 38.8 Å². The average Bonchev–Trinajstić information content (AvgIpc) is 2.76. The highest BCUT2D eigenvalue weighted by atomic mass is 79.9.